The van der Waals surface area contributed by atoms with Gasteiger partial charge in [0.25, 0.3) is 5.91 Å². The summed E-state index contributed by atoms with van der Waals surface area (Å²) in [5, 5.41) is 6.87. The number of imidazole rings is 1. The van der Waals surface area contributed by atoms with Gasteiger partial charge in [-0.2, -0.15) is 11.3 Å². The molecule has 0 aliphatic carbocycles. The van der Waals surface area contributed by atoms with Crippen LogP contribution in [0.25, 0.3) is 0 Å². The highest BCUT2D eigenvalue weighted by molar-refractivity contribution is 7.08. The highest BCUT2D eigenvalue weighted by atomic mass is 32.1. The van der Waals surface area contributed by atoms with Gasteiger partial charge in [-0.3, -0.25) is 4.79 Å². The second kappa shape index (κ2) is 4.33. The lowest BCUT2D eigenvalue weighted by atomic mass is 10.1. The van der Waals surface area contributed by atoms with Crippen molar-refractivity contribution >= 4 is 17.2 Å². The van der Waals surface area contributed by atoms with Crippen LogP contribution in [0, 0.1) is 0 Å². The van der Waals surface area contributed by atoms with Crippen LogP contribution >= 0.6 is 11.3 Å². The van der Waals surface area contributed by atoms with Crippen LogP contribution in [0.5, 0.6) is 0 Å². The molecule has 88 valence electrons. The summed E-state index contributed by atoms with van der Waals surface area (Å²) >= 11 is 1.54. The van der Waals surface area contributed by atoms with Crippen molar-refractivity contribution in [3.8, 4) is 0 Å². The smallest absolute Gasteiger partial charge is 0.252 e. The first kappa shape index (κ1) is 10.5. The molecule has 0 aromatic carbocycles. The Hall–Kier alpha value is -1.62. The van der Waals surface area contributed by atoms with Gasteiger partial charge in [-0.15, -0.1) is 0 Å². The quantitative estimate of drug-likeness (QED) is 0.878. The number of hydrogen-bond acceptors (Lipinski definition) is 3. The normalized spacial score (nSPS) is 18.7. The van der Waals surface area contributed by atoms with Crippen molar-refractivity contribution in [1.82, 2.24) is 14.9 Å². The Morgan fingerprint density at radius 3 is 3.35 bits per heavy atom. The van der Waals surface area contributed by atoms with Gasteiger partial charge in [0.15, 0.2) is 0 Å². The zero-order valence-electron chi connectivity index (χ0n) is 9.30. The fourth-order valence-electron chi connectivity index (χ4n) is 2.15. The number of rotatable bonds is 2. The number of amides is 1. The fraction of sp³-hybridized carbons (Fsp3) is 0.333. The van der Waals surface area contributed by atoms with E-state index in [-0.39, 0.29) is 11.9 Å². The summed E-state index contributed by atoms with van der Waals surface area (Å²) in [5.74, 6) is 1.14. The summed E-state index contributed by atoms with van der Waals surface area (Å²) < 4.78 is 2.11. The SMILES string of the molecule is O=C(N[C@@H]1CCc2nccn2C1)c1ccsc1. The van der Waals surface area contributed by atoms with E-state index in [0.717, 1.165) is 30.8 Å². The summed E-state index contributed by atoms with van der Waals surface area (Å²) in [5.41, 5.74) is 0.756. The number of hydrogen-bond donors (Lipinski definition) is 1. The average molecular weight is 247 g/mol. The molecule has 5 heteroatoms. The number of thiophene rings is 1. The highest BCUT2D eigenvalue weighted by Gasteiger charge is 2.20. The minimum absolute atomic E-state index is 0.0276. The number of nitrogens with one attached hydrogen (secondary N) is 1. The molecule has 2 aromatic heterocycles. The van der Waals surface area contributed by atoms with Crippen molar-refractivity contribution in [1.29, 1.82) is 0 Å². The number of nitrogens with zero attached hydrogens (tertiary/aromatic N) is 2. The van der Waals surface area contributed by atoms with Crippen molar-refractivity contribution in [3.63, 3.8) is 0 Å². The topological polar surface area (TPSA) is 46.9 Å². The minimum atomic E-state index is 0.0276. The predicted octanol–water partition coefficient (Wildman–Crippen LogP) is 1.69. The molecule has 0 unspecified atom stereocenters. The van der Waals surface area contributed by atoms with Gasteiger partial charge in [-0.05, 0) is 17.9 Å². The maximum Gasteiger partial charge on any atom is 0.252 e. The summed E-state index contributed by atoms with van der Waals surface area (Å²) in [6.45, 7) is 0.825. The third-order valence-electron chi connectivity index (χ3n) is 3.05. The molecule has 0 saturated heterocycles. The van der Waals surface area contributed by atoms with E-state index in [9.17, 15) is 4.79 Å². The van der Waals surface area contributed by atoms with Crippen LogP contribution in [0.3, 0.4) is 0 Å². The molecule has 0 saturated carbocycles. The lowest BCUT2D eigenvalue weighted by Gasteiger charge is -2.24. The highest BCUT2D eigenvalue weighted by Crippen LogP contribution is 2.14. The maximum atomic E-state index is 11.9. The molecule has 4 nitrogen and oxygen atoms in total. The molecule has 2 aromatic rings. The second-order valence-corrected chi connectivity index (χ2v) is 5.00. The molecule has 0 fully saturated rings. The van der Waals surface area contributed by atoms with Crippen molar-refractivity contribution in [3.05, 3.63) is 40.6 Å². The van der Waals surface area contributed by atoms with Crippen LogP contribution in [0.15, 0.2) is 29.2 Å². The standard InChI is InChI=1S/C12H13N3OS/c16-12(9-3-6-17-8-9)14-10-1-2-11-13-4-5-15(11)7-10/h3-6,8,10H,1-2,7H2,(H,14,16)/t10-/m1/s1. The fourth-order valence-corrected chi connectivity index (χ4v) is 2.78. The number of carbonyl (C=O) groups excluding carboxylic acids is 1. The number of aromatic nitrogens is 2. The molecule has 1 atom stereocenters. The van der Waals surface area contributed by atoms with Gasteiger partial charge in [0.2, 0.25) is 0 Å². The molecule has 1 aliphatic rings. The molecule has 3 rings (SSSR count). The lowest BCUT2D eigenvalue weighted by Crippen LogP contribution is -2.40. The maximum absolute atomic E-state index is 11.9. The van der Waals surface area contributed by atoms with Crippen molar-refractivity contribution < 1.29 is 4.79 Å². The first-order chi connectivity index (χ1) is 8.33. The number of fused-ring (bicyclic) bond motifs is 1. The molecule has 1 aliphatic heterocycles. The van der Waals surface area contributed by atoms with Crippen LogP contribution in [-0.2, 0) is 13.0 Å². The monoisotopic (exact) mass is 247 g/mol. The summed E-state index contributed by atoms with van der Waals surface area (Å²) in [4.78, 5) is 16.2. The van der Waals surface area contributed by atoms with Gasteiger partial charge in [0.1, 0.15) is 5.82 Å². The van der Waals surface area contributed by atoms with Crippen molar-refractivity contribution in [2.75, 3.05) is 0 Å². The van der Waals surface area contributed by atoms with Crippen LogP contribution in [-0.4, -0.2) is 21.5 Å². The number of aryl methyl sites for hydroxylation is 1. The van der Waals surface area contributed by atoms with Gasteiger partial charge in [-0.1, -0.05) is 0 Å². The molecule has 17 heavy (non-hydrogen) atoms. The van der Waals surface area contributed by atoms with E-state index in [4.69, 9.17) is 0 Å². The van der Waals surface area contributed by atoms with Crippen LogP contribution in [0.2, 0.25) is 0 Å². The Morgan fingerprint density at radius 1 is 1.59 bits per heavy atom. The van der Waals surface area contributed by atoms with Crippen molar-refractivity contribution in [2.24, 2.45) is 0 Å². The molecule has 0 bridgehead atoms. The molecular weight excluding hydrogens is 234 g/mol. The van der Waals surface area contributed by atoms with E-state index in [2.05, 4.69) is 14.9 Å². The van der Waals surface area contributed by atoms with E-state index >= 15 is 0 Å². The van der Waals surface area contributed by atoms with Gasteiger partial charge < -0.3 is 9.88 Å². The van der Waals surface area contributed by atoms with Crippen molar-refractivity contribution in [2.45, 2.75) is 25.4 Å². The molecule has 3 heterocycles. The zero-order valence-corrected chi connectivity index (χ0v) is 10.1. The van der Waals surface area contributed by atoms with E-state index < -0.39 is 0 Å². The summed E-state index contributed by atoms with van der Waals surface area (Å²) in [7, 11) is 0. The van der Waals surface area contributed by atoms with E-state index in [1.165, 1.54) is 0 Å². The predicted molar refractivity (Wildman–Crippen MR) is 66.1 cm³/mol. The Balaban J connectivity index is 1.66. The van der Waals surface area contributed by atoms with Crippen LogP contribution < -0.4 is 5.32 Å². The van der Waals surface area contributed by atoms with Gasteiger partial charge in [0.05, 0.1) is 0 Å². The van der Waals surface area contributed by atoms with Gasteiger partial charge in [0, 0.05) is 42.3 Å². The third-order valence-corrected chi connectivity index (χ3v) is 3.74. The zero-order chi connectivity index (χ0) is 11.7. The van der Waals surface area contributed by atoms with E-state index in [1.807, 2.05) is 29.2 Å². The van der Waals surface area contributed by atoms with Crippen LogP contribution in [0.4, 0.5) is 0 Å². The Kier molecular flexibility index (Phi) is 2.68. The summed E-state index contributed by atoms with van der Waals surface area (Å²) in [6.07, 6.45) is 5.69. The van der Waals surface area contributed by atoms with E-state index in [0.29, 0.717) is 0 Å². The van der Waals surface area contributed by atoms with Crippen LogP contribution in [0.1, 0.15) is 22.6 Å². The number of carbonyl (C=O) groups is 1. The second-order valence-electron chi connectivity index (χ2n) is 4.22. The Bertz CT molecular complexity index is 518. The van der Waals surface area contributed by atoms with Gasteiger partial charge >= 0.3 is 0 Å². The first-order valence-electron chi connectivity index (χ1n) is 5.66. The molecular formula is C12H13N3OS. The Labute approximate surface area is 103 Å². The third kappa shape index (κ3) is 2.10. The largest absolute Gasteiger partial charge is 0.347 e. The molecule has 0 spiro atoms. The van der Waals surface area contributed by atoms with E-state index in [1.54, 1.807) is 11.3 Å². The average Bonchev–Trinajstić information content (AvgIpc) is 2.99. The first-order valence-corrected chi connectivity index (χ1v) is 6.60. The molecule has 1 N–H and O–H groups in total. The summed E-state index contributed by atoms with van der Waals surface area (Å²) in [6, 6.07) is 2.06. The molecule has 1 amide bonds. The molecule has 0 radical (unpaired) electrons. The minimum Gasteiger partial charge on any atom is -0.347 e. The lowest BCUT2D eigenvalue weighted by molar-refractivity contribution is 0.0928. The Morgan fingerprint density at radius 2 is 2.53 bits per heavy atom. The van der Waals surface area contributed by atoms with Gasteiger partial charge in [-0.25, -0.2) is 4.98 Å².